The maximum atomic E-state index is 11.8. The summed E-state index contributed by atoms with van der Waals surface area (Å²) in [5, 5.41) is 2.98. The van der Waals surface area contributed by atoms with Crippen LogP contribution in [0.2, 0.25) is 0 Å². The van der Waals surface area contributed by atoms with Crippen LogP contribution in [0.5, 0.6) is 0 Å². The topological polar surface area (TPSA) is 67.6 Å². The third-order valence-corrected chi connectivity index (χ3v) is 3.65. The minimum Gasteiger partial charge on any atom is -0.378 e. The molecule has 1 aromatic carbocycles. The van der Waals surface area contributed by atoms with Crippen molar-refractivity contribution in [2.75, 3.05) is 31.2 Å². The summed E-state index contributed by atoms with van der Waals surface area (Å²) in [6, 6.07) is 8.28. The average molecular weight is 291 g/mol. The van der Waals surface area contributed by atoms with Gasteiger partial charge in [-0.1, -0.05) is 18.2 Å². The van der Waals surface area contributed by atoms with E-state index in [1.54, 1.807) is 0 Å². The van der Waals surface area contributed by atoms with E-state index in [1.165, 1.54) is 5.69 Å². The highest BCUT2D eigenvalue weighted by molar-refractivity contribution is 5.76. The average Bonchev–Trinajstić information content (AvgIpc) is 2.52. The molecule has 1 unspecified atom stereocenters. The van der Waals surface area contributed by atoms with E-state index in [4.69, 9.17) is 10.5 Å². The van der Waals surface area contributed by atoms with Crippen molar-refractivity contribution in [2.24, 2.45) is 5.73 Å². The molecule has 2 rings (SSSR count). The summed E-state index contributed by atoms with van der Waals surface area (Å²) in [5.41, 5.74) is 8.01. The molecule has 1 atom stereocenters. The van der Waals surface area contributed by atoms with E-state index in [9.17, 15) is 4.79 Å². The van der Waals surface area contributed by atoms with Gasteiger partial charge in [-0.25, -0.2) is 0 Å². The van der Waals surface area contributed by atoms with Crippen LogP contribution in [0.15, 0.2) is 24.3 Å². The number of carbonyl (C=O) groups is 1. The molecule has 0 bridgehead atoms. The number of hydrogen-bond acceptors (Lipinski definition) is 4. The van der Waals surface area contributed by atoms with Crippen LogP contribution in [0.3, 0.4) is 0 Å². The van der Waals surface area contributed by atoms with Gasteiger partial charge in [-0.15, -0.1) is 0 Å². The molecule has 0 radical (unpaired) electrons. The highest BCUT2D eigenvalue weighted by Crippen LogP contribution is 2.21. The zero-order chi connectivity index (χ0) is 15.1. The molecular formula is C16H25N3O2. The van der Waals surface area contributed by atoms with Crippen molar-refractivity contribution >= 4 is 11.6 Å². The van der Waals surface area contributed by atoms with Crippen molar-refractivity contribution in [1.29, 1.82) is 0 Å². The van der Waals surface area contributed by atoms with Gasteiger partial charge in [0.15, 0.2) is 0 Å². The molecule has 0 aromatic heterocycles. The van der Waals surface area contributed by atoms with Gasteiger partial charge in [0, 0.05) is 37.8 Å². The minimum atomic E-state index is 0.0593. The smallest absolute Gasteiger partial charge is 0.220 e. The Balaban J connectivity index is 1.92. The number of ether oxygens (including phenoxy) is 1. The van der Waals surface area contributed by atoms with Crippen LogP contribution >= 0.6 is 0 Å². The molecule has 1 saturated heterocycles. The van der Waals surface area contributed by atoms with Gasteiger partial charge in [0.25, 0.3) is 0 Å². The molecule has 5 nitrogen and oxygen atoms in total. The van der Waals surface area contributed by atoms with Crippen LogP contribution < -0.4 is 16.0 Å². The Morgan fingerprint density at radius 1 is 1.38 bits per heavy atom. The molecule has 0 saturated carbocycles. The molecule has 0 aliphatic carbocycles. The summed E-state index contributed by atoms with van der Waals surface area (Å²) in [5.74, 6) is 0.0593. The molecule has 3 N–H and O–H groups in total. The van der Waals surface area contributed by atoms with E-state index < -0.39 is 0 Å². The first-order chi connectivity index (χ1) is 10.2. The summed E-state index contributed by atoms with van der Waals surface area (Å²) in [4.78, 5) is 14.1. The summed E-state index contributed by atoms with van der Waals surface area (Å²) in [6.07, 6.45) is 1.20. The van der Waals surface area contributed by atoms with Gasteiger partial charge in [0.05, 0.1) is 13.2 Å². The fourth-order valence-corrected chi connectivity index (χ4v) is 2.41. The molecule has 1 fully saturated rings. The molecule has 1 aliphatic heterocycles. The van der Waals surface area contributed by atoms with E-state index >= 15 is 0 Å². The molecule has 1 aromatic rings. The third kappa shape index (κ3) is 5.02. The molecule has 5 heteroatoms. The zero-order valence-electron chi connectivity index (χ0n) is 12.7. The molecule has 0 spiro atoms. The van der Waals surface area contributed by atoms with E-state index in [1.807, 2.05) is 19.1 Å². The minimum absolute atomic E-state index is 0.0593. The lowest BCUT2D eigenvalue weighted by molar-refractivity contribution is -0.121. The lowest BCUT2D eigenvalue weighted by atomic mass is 10.1. The first-order valence-electron chi connectivity index (χ1n) is 7.59. The van der Waals surface area contributed by atoms with Gasteiger partial charge in [0.2, 0.25) is 5.91 Å². The number of morpholine rings is 1. The van der Waals surface area contributed by atoms with Crippen molar-refractivity contribution < 1.29 is 9.53 Å². The number of amides is 1. The van der Waals surface area contributed by atoms with Gasteiger partial charge in [-0.3, -0.25) is 4.79 Å². The van der Waals surface area contributed by atoms with Crippen LogP contribution in [0.25, 0.3) is 0 Å². The predicted molar refractivity (Wildman–Crippen MR) is 84.2 cm³/mol. The number of rotatable bonds is 6. The van der Waals surface area contributed by atoms with E-state index in [-0.39, 0.29) is 11.9 Å². The van der Waals surface area contributed by atoms with Gasteiger partial charge in [-0.2, -0.15) is 0 Å². The molecule has 116 valence electrons. The Kier molecular flexibility index (Phi) is 6.02. The summed E-state index contributed by atoms with van der Waals surface area (Å²) in [7, 11) is 0. The Morgan fingerprint density at radius 3 is 2.81 bits per heavy atom. The highest BCUT2D eigenvalue weighted by atomic mass is 16.5. The van der Waals surface area contributed by atoms with Crippen LogP contribution in [0.4, 0.5) is 5.69 Å². The Hall–Kier alpha value is -1.59. The lowest BCUT2D eigenvalue weighted by Crippen LogP contribution is -2.37. The van der Waals surface area contributed by atoms with E-state index in [0.717, 1.165) is 38.3 Å². The highest BCUT2D eigenvalue weighted by Gasteiger charge is 2.14. The number of hydrogen-bond donors (Lipinski definition) is 2. The SMILES string of the molecule is CC(N)CCC(=O)NCc1ccccc1N1CCOCC1. The van der Waals surface area contributed by atoms with Crippen LogP contribution in [-0.4, -0.2) is 38.3 Å². The summed E-state index contributed by atoms with van der Waals surface area (Å²) < 4.78 is 5.39. The van der Waals surface area contributed by atoms with Crippen molar-refractivity contribution in [2.45, 2.75) is 32.4 Å². The van der Waals surface area contributed by atoms with Crippen molar-refractivity contribution in [3.8, 4) is 0 Å². The van der Waals surface area contributed by atoms with Gasteiger partial charge >= 0.3 is 0 Å². The maximum absolute atomic E-state index is 11.8. The third-order valence-electron chi connectivity index (χ3n) is 3.65. The van der Waals surface area contributed by atoms with Gasteiger partial charge < -0.3 is 20.7 Å². The maximum Gasteiger partial charge on any atom is 0.220 e. The Morgan fingerprint density at radius 2 is 2.10 bits per heavy atom. The van der Waals surface area contributed by atoms with Crippen molar-refractivity contribution in [3.05, 3.63) is 29.8 Å². The number of nitrogens with two attached hydrogens (primary N) is 1. The quantitative estimate of drug-likeness (QED) is 0.828. The van der Waals surface area contributed by atoms with E-state index in [0.29, 0.717) is 13.0 Å². The molecule has 1 aliphatic rings. The lowest BCUT2D eigenvalue weighted by Gasteiger charge is -2.30. The fraction of sp³-hybridized carbons (Fsp3) is 0.562. The first-order valence-corrected chi connectivity index (χ1v) is 7.59. The summed E-state index contributed by atoms with van der Waals surface area (Å²) in [6.45, 7) is 5.79. The zero-order valence-corrected chi connectivity index (χ0v) is 12.7. The number of nitrogens with one attached hydrogen (secondary N) is 1. The normalized spacial score (nSPS) is 16.6. The fourth-order valence-electron chi connectivity index (χ4n) is 2.41. The van der Waals surface area contributed by atoms with Crippen LogP contribution in [0, 0.1) is 0 Å². The monoisotopic (exact) mass is 291 g/mol. The van der Waals surface area contributed by atoms with Gasteiger partial charge in [0.1, 0.15) is 0 Å². The molecule has 1 amide bonds. The van der Waals surface area contributed by atoms with Crippen molar-refractivity contribution in [3.63, 3.8) is 0 Å². The number of benzene rings is 1. The number of carbonyl (C=O) groups excluding carboxylic acids is 1. The first kappa shape index (κ1) is 15.8. The Labute approximate surface area is 126 Å². The standard InChI is InChI=1S/C16H25N3O2/c1-13(17)6-7-16(20)18-12-14-4-2-3-5-15(14)19-8-10-21-11-9-19/h2-5,13H,6-12,17H2,1H3,(H,18,20). The largest absolute Gasteiger partial charge is 0.378 e. The number of anilines is 1. The van der Waals surface area contributed by atoms with Crippen LogP contribution in [0.1, 0.15) is 25.3 Å². The van der Waals surface area contributed by atoms with Crippen LogP contribution in [-0.2, 0) is 16.1 Å². The molecular weight excluding hydrogens is 266 g/mol. The predicted octanol–water partition coefficient (Wildman–Crippen LogP) is 1.27. The number of para-hydroxylation sites is 1. The second-order valence-corrected chi connectivity index (χ2v) is 5.52. The number of nitrogens with zero attached hydrogens (tertiary/aromatic N) is 1. The molecule has 21 heavy (non-hydrogen) atoms. The Bertz CT molecular complexity index is 457. The van der Waals surface area contributed by atoms with Crippen molar-refractivity contribution in [1.82, 2.24) is 5.32 Å². The molecule has 1 heterocycles. The summed E-state index contributed by atoms with van der Waals surface area (Å²) >= 11 is 0. The second-order valence-electron chi connectivity index (χ2n) is 5.52. The van der Waals surface area contributed by atoms with Gasteiger partial charge in [-0.05, 0) is 25.0 Å². The van der Waals surface area contributed by atoms with E-state index in [2.05, 4.69) is 22.3 Å². The second kappa shape index (κ2) is 8.00.